The van der Waals surface area contributed by atoms with Gasteiger partial charge in [0.25, 0.3) is 0 Å². The molecule has 1 aromatic carbocycles. The third kappa shape index (κ3) is 2.41. The summed E-state index contributed by atoms with van der Waals surface area (Å²) in [4.78, 5) is 12.5. The monoisotopic (exact) mass is 366 g/mol. The summed E-state index contributed by atoms with van der Waals surface area (Å²) in [5.41, 5.74) is -0.395. The second-order valence-corrected chi connectivity index (χ2v) is 10.9. The summed E-state index contributed by atoms with van der Waals surface area (Å²) >= 11 is 0. The Morgan fingerprint density at radius 2 is 1.60 bits per heavy atom. The van der Waals surface area contributed by atoms with Gasteiger partial charge >= 0.3 is 149 Å². The van der Waals surface area contributed by atoms with Gasteiger partial charge in [-0.3, -0.25) is 0 Å². The van der Waals surface area contributed by atoms with Crippen molar-refractivity contribution in [1.82, 2.24) is 0 Å². The van der Waals surface area contributed by atoms with E-state index in [2.05, 4.69) is 0 Å². The van der Waals surface area contributed by atoms with Gasteiger partial charge in [-0.1, -0.05) is 0 Å². The number of carbonyl (C=O) groups is 1. The first-order valence-electron chi connectivity index (χ1n) is 8.45. The summed E-state index contributed by atoms with van der Waals surface area (Å²) in [5, 5.41) is 0. The summed E-state index contributed by atoms with van der Waals surface area (Å²) in [7, 11) is -2.58. The molecule has 0 unspecified atom stereocenters. The molecule has 25 heavy (non-hydrogen) atoms. The first-order valence-corrected chi connectivity index (χ1v) is 10.4. The first-order chi connectivity index (χ1) is 11.5. The van der Waals surface area contributed by atoms with Gasteiger partial charge in [0, 0.05) is 0 Å². The SMILES string of the molecule is COP12(OC(C)=C(C(C)=O)[C@@H]1c1ccccc1)OC(C)(C)C(C)(C)O2. The van der Waals surface area contributed by atoms with Crippen molar-refractivity contribution < 1.29 is 22.9 Å². The zero-order chi connectivity index (χ0) is 18.7. The van der Waals surface area contributed by atoms with E-state index in [9.17, 15) is 4.79 Å². The van der Waals surface area contributed by atoms with Crippen molar-refractivity contribution in [1.29, 1.82) is 0 Å². The normalized spacial score (nSPS) is 29.9. The number of benzene rings is 1. The van der Waals surface area contributed by atoms with Crippen molar-refractivity contribution in [2.75, 3.05) is 7.11 Å². The van der Waals surface area contributed by atoms with E-state index < -0.39 is 24.4 Å². The fourth-order valence-corrected chi connectivity index (χ4v) is 8.64. The maximum absolute atomic E-state index is 12.5. The molecular formula is C19H27O5P. The van der Waals surface area contributed by atoms with Crippen molar-refractivity contribution in [2.45, 2.75) is 58.4 Å². The summed E-state index contributed by atoms with van der Waals surface area (Å²) in [6, 6.07) is 9.69. The molecule has 0 aromatic heterocycles. The summed E-state index contributed by atoms with van der Waals surface area (Å²) in [5.74, 6) is 0.439. The summed E-state index contributed by atoms with van der Waals surface area (Å²) in [6.45, 7) is 11.1. The molecule has 0 aliphatic carbocycles. The van der Waals surface area contributed by atoms with Crippen molar-refractivity contribution in [3.05, 3.63) is 47.2 Å². The van der Waals surface area contributed by atoms with Crippen LogP contribution >= 0.6 is 7.51 Å². The van der Waals surface area contributed by atoms with E-state index in [0.717, 1.165) is 5.56 Å². The quantitative estimate of drug-likeness (QED) is 0.698. The molecule has 1 atom stereocenters. The van der Waals surface area contributed by atoms with Crippen molar-refractivity contribution >= 4 is 13.3 Å². The van der Waals surface area contributed by atoms with Crippen LogP contribution in [0.15, 0.2) is 41.7 Å². The molecule has 1 saturated heterocycles. The van der Waals surface area contributed by atoms with Gasteiger partial charge in [0.1, 0.15) is 0 Å². The van der Waals surface area contributed by atoms with Crippen LogP contribution in [-0.4, -0.2) is 24.1 Å². The number of hydrogen-bond acceptors (Lipinski definition) is 5. The van der Waals surface area contributed by atoms with Gasteiger partial charge in [-0.2, -0.15) is 0 Å². The topological polar surface area (TPSA) is 54.0 Å². The molecule has 3 rings (SSSR count). The van der Waals surface area contributed by atoms with Crippen molar-refractivity contribution in [3.8, 4) is 0 Å². The molecule has 0 amide bonds. The summed E-state index contributed by atoms with van der Waals surface area (Å²) < 4.78 is 25.4. The molecule has 0 saturated carbocycles. The van der Waals surface area contributed by atoms with E-state index in [0.29, 0.717) is 11.3 Å². The van der Waals surface area contributed by atoms with E-state index in [1.807, 2.05) is 58.0 Å². The minimum absolute atomic E-state index is 0.0698. The Hall–Kier alpha value is -1.26. The van der Waals surface area contributed by atoms with E-state index in [1.165, 1.54) is 0 Å². The van der Waals surface area contributed by atoms with Crippen LogP contribution in [0.2, 0.25) is 0 Å². The minimum atomic E-state index is -4.12. The van der Waals surface area contributed by atoms with Crippen LogP contribution in [0, 0.1) is 0 Å². The average Bonchev–Trinajstić information content (AvgIpc) is 2.85. The number of allylic oxidation sites excluding steroid dienone is 2. The Bertz CT molecular complexity index is 734. The van der Waals surface area contributed by atoms with Gasteiger partial charge in [0.2, 0.25) is 0 Å². The fraction of sp³-hybridized carbons (Fsp3) is 0.526. The van der Waals surface area contributed by atoms with E-state index in [-0.39, 0.29) is 5.78 Å². The van der Waals surface area contributed by atoms with Crippen LogP contribution < -0.4 is 0 Å². The van der Waals surface area contributed by atoms with Crippen LogP contribution in [0.25, 0.3) is 0 Å². The molecule has 0 N–H and O–H groups in total. The molecule has 1 fully saturated rings. The fourth-order valence-electron chi connectivity index (χ4n) is 3.66. The third-order valence-electron chi connectivity index (χ3n) is 5.43. The first kappa shape index (κ1) is 18.5. The second-order valence-electron chi connectivity index (χ2n) is 7.69. The number of rotatable bonds is 3. The second kappa shape index (κ2) is 5.37. The van der Waals surface area contributed by atoms with Gasteiger partial charge in [-0.15, -0.1) is 0 Å². The molecule has 2 aliphatic heterocycles. The number of carbonyl (C=O) groups excluding carboxylic acids is 1. The Morgan fingerprint density at radius 3 is 2.04 bits per heavy atom. The Labute approximate surface area is 149 Å². The van der Waals surface area contributed by atoms with E-state index in [1.54, 1.807) is 21.0 Å². The Morgan fingerprint density at radius 1 is 1.08 bits per heavy atom. The number of ketones is 1. The maximum atomic E-state index is 12.5. The molecule has 2 aliphatic rings. The van der Waals surface area contributed by atoms with Crippen LogP contribution in [0.4, 0.5) is 0 Å². The molecule has 2 heterocycles. The Balaban J connectivity index is 2.29. The van der Waals surface area contributed by atoms with E-state index in [4.69, 9.17) is 18.1 Å². The Kier molecular flexibility index (Phi) is 3.98. The van der Waals surface area contributed by atoms with Crippen LogP contribution in [0.5, 0.6) is 0 Å². The van der Waals surface area contributed by atoms with Gasteiger partial charge in [0.15, 0.2) is 0 Å². The van der Waals surface area contributed by atoms with Crippen LogP contribution in [0.1, 0.15) is 52.8 Å². The van der Waals surface area contributed by atoms with Gasteiger partial charge in [-0.05, 0) is 0 Å². The number of Topliss-reactive ketones (excluding diaryl/α,β-unsaturated/α-hetero) is 1. The molecule has 138 valence electrons. The number of hydrogen-bond donors (Lipinski definition) is 0. The molecule has 1 spiro atoms. The van der Waals surface area contributed by atoms with Gasteiger partial charge < -0.3 is 0 Å². The molecule has 0 bridgehead atoms. The predicted molar refractivity (Wildman–Crippen MR) is 97.9 cm³/mol. The van der Waals surface area contributed by atoms with Crippen molar-refractivity contribution in [3.63, 3.8) is 0 Å². The standard InChI is InChI=1S/C19H27O5P/c1-13(20)16-14(2)22-25(21-7,17(16)15-11-9-8-10-12-15)23-18(3,4)19(5,6)24-25/h8-12,17H,1-7H3/t17-/m0/s1. The predicted octanol–water partition coefficient (Wildman–Crippen LogP) is 5.08. The molecule has 1 aromatic rings. The molecule has 0 radical (unpaired) electrons. The van der Waals surface area contributed by atoms with E-state index >= 15 is 0 Å². The molecule has 6 heteroatoms. The molecular weight excluding hydrogens is 339 g/mol. The van der Waals surface area contributed by atoms with Crippen LogP contribution in [-0.2, 0) is 22.9 Å². The van der Waals surface area contributed by atoms with Gasteiger partial charge in [-0.25, -0.2) is 0 Å². The van der Waals surface area contributed by atoms with Crippen molar-refractivity contribution in [2.24, 2.45) is 0 Å². The summed E-state index contributed by atoms with van der Waals surface area (Å²) in [6.07, 6.45) is 0. The zero-order valence-electron chi connectivity index (χ0n) is 16.0. The average molecular weight is 366 g/mol. The molecule has 5 nitrogen and oxygen atoms in total. The van der Waals surface area contributed by atoms with Crippen LogP contribution in [0.3, 0.4) is 0 Å². The van der Waals surface area contributed by atoms with Gasteiger partial charge in [0.05, 0.1) is 0 Å². The zero-order valence-corrected chi connectivity index (χ0v) is 16.8. The third-order valence-corrected chi connectivity index (χ3v) is 9.67.